The number of rotatable bonds is 2. The fraction of sp³-hybridized carbons (Fsp3) is 0.500. The summed E-state index contributed by atoms with van der Waals surface area (Å²) in [6, 6.07) is 1.86. The summed E-state index contributed by atoms with van der Waals surface area (Å²) >= 11 is 0.987. The molecular formula is C12H13F3N4OS. The molecule has 1 aliphatic heterocycles. The Morgan fingerprint density at radius 1 is 1.38 bits per heavy atom. The lowest BCUT2D eigenvalue weighted by Gasteiger charge is -2.33. The van der Waals surface area contributed by atoms with E-state index in [1.807, 2.05) is 6.07 Å². The molecule has 1 amide bonds. The van der Waals surface area contributed by atoms with Crippen molar-refractivity contribution in [2.75, 3.05) is 23.7 Å². The van der Waals surface area contributed by atoms with Crippen LogP contribution in [-0.4, -0.2) is 25.2 Å². The number of nitrogens with two attached hydrogens (primary N) is 2. The molecular weight excluding hydrogens is 305 g/mol. The predicted octanol–water partition coefficient (Wildman–Crippen LogP) is 2.08. The van der Waals surface area contributed by atoms with Gasteiger partial charge >= 0.3 is 6.18 Å². The number of hydrogen-bond donors (Lipinski definition) is 2. The van der Waals surface area contributed by atoms with Crippen LogP contribution in [0.25, 0.3) is 0 Å². The number of carbonyl (C=O) groups is 1. The highest BCUT2D eigenvalue weighted by molar-refractivity contribution is 7.17. The number of anilines is 2. The van der Waals surface area contributed by atoms with Crippen molar-refractivity contribution in [3.8, 4) is 6.07 Å². The van der Waals surface area contributed by atoms with Crippen molar-refractivity contribution in [1.29, 1.82) is 5.26 Å². The number of thiophene rings is 1. The maximum Gasteiger partial charge on any atom is 0.391 e. The van der Waals surface area contributed by atoms with Crippen LogP contribution in [0, 0.1) is 17.2 Å². The summed E-state index contributed by atoms with van der Waals surface area (Å²) in [6.07, 6.45) is -4.31. The zero-order chi connectivity index (χ0) is 15.8. The third-order valence-electron chi connectivity index (χ3n) is 3.52. The van der Waals surface area contributed by atoms with Crippen LogP contribution in [0.1, 0.15) is 28.1 Å². The summed E-state index contributed by atoms with van der Waals surface area (Å²) in [5.41, 5.74) is 11.0. The first-order chi connectivity index (χ1) is 9.75. The molecule has 1 fully saturated rings. The molecule has 0 aliphatic carbocycles. The molecule has 0 unspecified atom stereocenters. The SMILES string of the molecule is N#Cc1sc(N2CCC(C(F)(F)F)CC2)c(C(N)=O)c1N. The molecule has 2 heterocycles. The van der Waals surface area contributed by atoms with Crippen molar-refractivity contribution in [3.05, 3.63) is 10.4 Å². The number of alkyl halides is 3. The Morgan fingerprint density at radius 3 is 2.38 bits per heavy atom. The van der Waals surface area contributed by atoms with Crippen molar-refractivity contribution < 1.29 is 18.0 Å². The van der Waals surface area contributed by atoms with Crippen molar-refractivity contribution in [2.45, 2.75) is 19.0 Å². The van der Waals surface area contributed by atoms with Gasteiger partial charge in [0.05, 0.1) is 17.2 Å². The highest BCUT2D eigenvalue weighted by Gasteiger charge is 2.41. The van der Waals surface area contributed by atoms with Gasteiger partial charge in [0.25, 0.3) is 5.91 Å². The number of hydrogen-bond acceptors (Lipinski definition) is 5. The first-order valence-corrected chi connectivity index (χ1v) is 7.01. The van der Waals surface area contributed by atoms with Gasteiger partial charge < -0.3 is 16.4 Å². The lowest BCUT2D eigenvalue weighted by Crippen LogP contribution is -2.39. The van der Waals surface area contributed by atoms with Crippen LogP contribution in [0.5, 0.6) is 0 Å². The first kappa shape index (κ1) is 15.4. The van der Waals surface area contributed by atoms with E-state index in [2.05, 4.69) is 0 Å². The Bertz CT molecular complexity index is 597. The molecule has 21 heavy (non-hydrogen) atoms. The molecule has 1 saturated heterocycles. The highest BCUT2D eigenvalue weighted by Crippen LogP contribution is 2.41. The number of nitrogen functional groups attached to an aromatic ring is 1. The van der Waals surface area contributed by atoms with Crippen LogP contribution in [0.2, 0.25) is 0 Å². The number of nitrogens with zero attached hydrogens (tertiary/aromatic N) is 2. The Labute approximate surface area is 122 Å². The summed E-state index contributed by atoms with van der Waals surface area (Å²) in [5.74, 6) is -2.11. The van der Waals surface area contributed by atoms with E-state index in [1.165, 1.54) is 0 Å². The lowest BCUT2D eigenvalue weighted by molar-refractivity contribution is -0.179. The topological polar surface area (TPSA) is 96.1 Å². The average molecular weight is 318 g/mol. The molecule has 2 rings (SSSR count). The number of carbonyl (C=O) groups excluding carboxylic acids is 1. The van der Waals surface area contributed by atoms with Crippen LogP contribution >= 0.6 is 11.3 Å². The molecule has 1 aromatic heterocycles. The summed E-state index contributed by atoms with van der Waals surface area (Å²) in [4.78, 5) is 13.3. The van der Waals surface area contributed by atoms with Crippen molar-refractivity contribution in [2.24, 2.45) is 11.7 Å². The third-order valence-corrected chi connectivity index (χ3v) is 4.69. The van der Waals surface area contributed by atoms with E-state index in [-0.39, 0.29) is 42.1 Å². The van der Waals surface area contributed by atoms with Gasteiger partial charge in [0, 0.05) is 13.1 Å². The van der Waals surface area contributed by atoms with Crippen molar-refractivity contribution in [1.82, 2.24) is 0 Å². The summed E-state index contributed by atoms with van der Waals surface area (Å²) < 4.78 is 37.9. The Balaban J connectivity index is 2.25. The Hall–Kier alpha value is -1.95. The molecule has 0 atom stereocenters. The van der Waals surface area contributed by atoms with E-state index >= 15 is 0 Å². The van der Waals surface area contributed by atoms with E-state index in [4.69, 9.17) is 16.7 Å². The minimum absolute atomic E-state index is 0.00273. The fourth-order valence-electron chi connectivity index (χ4n) is 2.39. The summed E-state index contributed by atoms with van der Waals surface area (Å²) in [7, 11) is 0. The molecule has 0 aromatic carbocycles. The van der Waals surface area contributed by atoms with Crippen LogP contribution < -0.4 is 16.4 Å². The predicted molar refractivity (Wildman–Crippen MR) is 73.0 cm³/mol. The molecule has 0 bridgehead atoms. The lowest BCUT2D eigenvalue weighted by atomic mass is 9.96. The van der Waals surface area contributed by atoms with Crippen molar-refractivity contribution >= 4 is 27.9 Å². The normalized spacial score (nSPS) is 16.8. The van der Waals surface area contributed by atoms with Gasteiger partial charge in [-0.3, -0.25) is 4.79 Å². The van der Waals surface area contributed by atoms with E-state index in [0.717, 1.165) is 11.3 Å². The smallest absolute Gasteiger partial charge is 0.391 e. The molecule has 5 nitrogen and oxygen atoms in total. The Kier molecular flexibility index (Phi) is 4.00. The van der Waals surface area contributed by atoms with E-state index in [1.54, 1.807) is 4.90 Å². The highest BCUT2D eigenvalue weighted by atomic mass is 32.1. The van der Waals surface area contributed by atoms with Gasteiger partial charge in [-0.1, -0.05) is 0 Å². The maximum atomic E-state index is 12.6. The monoisotopic (exact) mass is 318 g/mol. The largest absolute Gasteiger partial charge is 0.396 e. The van der Waals surface area contributed by atoms with Gasteiger partial charge in [-0.05, 0) is 12.8 Å². The molecule has 0 saturated carbocycles. The van der Waals surface area contributed by atoms with Crippen LogP contribution in [0.15, 0.2) is 0 Å². The zero-order valence-electron chi connectivity index (χ0n) is 10.9. The van der Waals surface area contributed by atoms with Crippen LogP contribution in [-0.2, 0) is 0 Å². The van der Waals surface area contributed by atoms with Crippen LogP contribution in [0.3, 0.4) is 0 Å². The van der Waals surface area contributed by atoms with E-state index in [0.29, 0.717) is 5.00 Å². The number of piperidine rings is 1. The van der Waals surface area contributed by atoms with Gasteiger partial charge in [0.2, 0.25) is 0 Å². The Morgan fingerprint density at radius 2 is 1.95 bits per heavy atom. The molecule has 9 heteroatoms. The molecule has 1 aliphatic rings. The van der Waals surface area contributed by atoms with E-state index in [9.17, 15) is 18.0 Å². The van der Waals surface area contributed by atoms with Gasteiger partial charge in [-0.2, -0.15) is 18.4 Å². The molecule has 0 spiro atoms. The number of halogens is 3. The minimum atomic E-state index is -4.20. The standard InChI is InChI=1S/C12H13F3N4OS/c13-12(14,15)6-1-3-19(4-2-6)11-8(10(18)20)9(17)7(5-16)21-11/h6H,1-4,17H2,(H2,18,20). The minimum Gasteiger partial charge on any atom is -0.396 e. The average Bonchev–Trinajstić information content (AvgIpc) is 2.75. The molecule has 114 valence electrons. The molecule has 0 radical (unpaired) electrons. The fourth-order valence-corrected chi connectivity index (χ4v) is 3.46. The number of nitriles is 1. The number of primary amides is 1. The van der Waals surface area contributed by atoms with Gasteiger partial charge in [0.15, 0.2) is 0 Å². The molecule has 4 N–H and O–H groups in total. The third kappa shape index (κ3) is 2.90. The number of amides is 1. The van der Waals surface area contributed by atoms with Gasteiger partial charge in [0.1, 0.15) is 15.9 Å². The van der Waals surface area contributed by atoms with Crippen LogP contribution in [0.4, 0.5) is 23.9 Å². The second kappa shape index (κ2) is 5.44. The summed E-state index contributed by atoms with van der Waals surface area (Å²) in [6.45, 7) is 0.296. The maximum absolute atomic E-state index is 12.6. The summed E-state index contributed by atoms with van der Waals surface area (Å²) in [5, 5.41) is 9.33. The van der Waals surface area contributed by atoms with E-state index < -0.39 is 18.0 Å². The first-order valence-electron chi connectivity index (χ1n) is 6.19. The quantitative estimate of drug-likeness (QED) is 0.872. The van der Waals surface area contributed by atoms with Gasteiger partial charge in [-0.25, -0.2) is 0 Å². The second-order valence-electron chi connectivity index (χ2n) is 4.80. The second-order valence-corrected chi connectivity index (χ2v) is 5.80. The van der Waals surface area contributed by atoms with Gasteiger partial charge in [-0.15, -0.1) is 11.3 Å². The molecule has 1 aromatic rings. The zero-order valence-corrected chi connectivity index (χ0v) is 11.7. The van der Waals surface area contributed by atoms with Crippen molar-refractivity contribution in [3.63, 3.8) is 0 Å².